The predicted octanol–water partition coefficient (Wildman–Crippen LogP) is 9.66. The van der Waals surface area contributed by atoms with Gasteiger partial charge in [0, 0.05) is 23.6 Å². The molecule has 5 atom stereocenters. The highest BCUT2D eigenvalue weighted by atomic mass is 31.2. The monoisotopic (exact) mass is 873 g/mol. The number of fused-ring (bicyclic) bond motifs is 1. The Balaban J connectivity index is 1.31. The number of halogens is 1. The number of nitrogens with one attached hydrogen (secondary N) is 1. The van der Waals surface area contributed by atoms with E-state index in [0.717, 1.165) is 16.7 Å². The van der Waals surface area contributed by atoms with E-state index in [1.54, 1.807) is 49.4 Å². The molecule has 1 saturated carbocycles. The van der Waals surface area contributed by atoms with Gasteiger partial charge >= 0.3 is 0 Å². The van der Waals surface area contributed by atoms with Crippen molar-refractivity contribution in [2.45, 2.75) is 76.5 Å². The second-order valence-corrected chi connectivity index (χ2v) is 17.2. The van der Waals surface area contributed by atoms with Gasteiger partial charge in [-0.15, -0.1) is 0 Å². The number of hydrogen-bond donors (Lipinski definition) is 1. The summed E-state index contributed by atoms with van der Waals surface area (Å²) >= 11 is 0. The number of nitrogens with zero attached hydrogens (tertiary/aromatic N) is 6. The standard InChI is InChI=1S/C48H53FN7O6P/c1-32(2)56(33(3)4)63(61-27-13-26-50)62-44-35(28-41(42(44)49)55-31-53-43-45(51-30-52-46(43)55)54-47(57)34-14-9-7-10-15-34)29-60-48(36-16-11-8-12-17-36,37-18-22-39(58-5)23-19-37)38-20-24-40(59-6)25-21-38/h7-12,14-25,30-33,35,41-42,44H,13,27-29H2,1-6H3,(H,51,52,54,57)/t35-,41-,42+,44-,63?/m1/s1. The molecule has 0 aliphatic heterocycles. The van der Waals surface area contributed by atoms with Crippen LogP contribution in [0.25, 0.3) is 11.2 Å². The smallest absolute Gasteiger partial charge is 0.259 e. The van der Waals surface area contributed by atoms with Crippen LogP contribution in [0.4, 0.5) is 10.2 Å². The highest BCUT2D eigenvalue weighted by Crippen LogP contribution is 2.53. The summed E-state index contributed by atoms with van der Waals surface area (Å²) in [6, 6.07) is 35.6. The molecule has 0 radical (unpaired) electrons. The predicted molar refractivity (Wildman–Crippen MR) is 240 cm³/mol. The molecular weight excluding hydrogens is 821 g/mol. The Labute approximate surface area is 369 Å². The zero-order chi connectivity index (χ0) is 44.5. The third kappa shape index (κ3) is 9.74. The number of imidazole rings is 1. The summed E-state index contributed by atoms with van der Waals surface area (Å²) in [7, 11) is 1.40. The largest absolute Gasteiger partial charge is 0.497 e. The van der Waals surface area contributed by atoms with Crippen LogP contribution in [0.3, 0.4) is 0 Å². The zero-order valence-electron chi connectivity index (χ0n) is 36.3. The van der Waals surface area contributed by atoms with E-state index in [0.29, 0.717) is 28.2 Å². The minimum Gasteiger partial charge on any atom is -0.497 e. The Bertz CT molecular complexity index is 2400. The summed E-state index contributed by atoms with van der Waals surface area (Å²) in [4.78, 5) is 26.7. The molecule has 2 aromatic heterocycles. The topological polar surface area (TPSA) is 146 Å². The van der Waals surface area contributed by atoms with Gasteiger partial charge < -0.3 is 33.1 Å². The molecule has 6 aromatic rings. The zero-order valence-corrected chi connectivity index (χ0v) is 37.2. The summed E-state index contributed by atoms with van der Waals surface area (Å²) < 4.78 is 53.4. The quantitative estimate of drug-likeness (QED) is 0.0472. The van der Waals surface area contributed by atoms with Crippen molar-refractivity contribution in [1.82, 2.24) is 24.2 Å². The molecular formula is C48H53FN7O6P. The molecule has 13 nitrogen and oxygen atoms in total. The molecule has 15 heteroatoms. The van der Waals surface area contributed by atoms with Crippen LogP contribution in [0.2, 0.25) is 0 Å². The van der Waals surface area contributed by atoms with E-state index in [-0.39, 0.29) is 49.9 Å². The second-order valence-electron chi connectivity index (χ2n) is 15.8. The van der Waals surface area contributed by atoms with Crippen LogP contribution in [-0.2, 0) is 19.4 Å². The maximum absolute atomic E-state index is 17.8. The van der Waals surface area contributed by atoms with Gasteiger partial charge in [-0.05, 0) is 87.2 Å². The average molecular weight is 874 g/mol. The van der Waals surface area contributed by atoms with E-state index >= 15 is 4.39 Å². The van der Waals surface area contributed by atoms with Crippen molar-refractivity contribution >= 4 is 31.4 Å². The molecule has 1 aliphatic carbocycles. The van der Waals surface area contributed by atoms with Gasteiger partial charge in [0.2, 0.25) is 0 Å². The number of carbonyl (C=O) groups is 1. The third-order valence-electron chi connectivity index (χ3n) is 11.2. The number of rotatable bonds is 19. The number of nitriles is 1. The second kappa shape index (κ2) is 20.6. The lowest BCUT2D eigenvalue weighted by Gasteiger charge is -2.39. The maximum Gasteiger partial charge on any atom is 0.259 e. The van der Waals surface area contributed by atoms with Gasteiger partial charge in [0.15, 0.2) is 17.0 Å². The Kier molecular flexibility index (Phi) is 14.8. The lowest BCUT2D eigenvalue weighted by Crippen LogP contribution is -2.39. The first-order chi connectivity index (χ1) is 30.6. The van der Waals surface area contributed by atoms with Crippen molar-refractivity contribution in [2.75, 3.05) is 32.8 Å². The van der Waals surface area contributed by atoms with Crippen molar-refractivity contribution in [3.63, 3.8) is 0 Å². The Morgan fingerprint density at radius 3 is 2.03 bits per heavy atom. The summed E-state index contributed by atoms with van der Waals surface area (Å²) in [5, 5.41) is 12.3. The molecule has 0 spiro atoms. The molecule has 7 rings (SSSR count). The van der Waals surface area contributed by atoms with Crippen LogP contribution in [0, 0.1) is 17.2 Å². The average Bonchev–Trinajstić information content (AvgIpc) is 3.87. The van der Waals surface area contributed by atoms with Crippen LogP contribution in [-0.4, -0.2) is 81.9 Å². The number of aromatic nitrogens is 4. The van der Waals surface area contributed by atoms with Gasteiger partial charge in [-0.25, -0.2) is 24.0 Å². The highest BCUT2D eigenvalue weighted by Gasteiger charge is 2.50. The van der Waals surface area contributed by atoms with Gasteiger partial charge in [-0.1, -0.05) is 72.8 Å². The Morgan fingerprint density at radius 2 is 1.46 bits per heavy atom. The first-order valence-electron chi connectivity index (χ1n) is 21.0. The van der Waals surface area contributed by atoms with Crippen LogP contribution in [0.1, 0.15) is 73.6 Å². The summed E-state index contributed by atoms with van der Waals surface area (Å²) in [6.07, 6.45) is 0.679. The molecule has 1 fully saturated rings. The van der Waals surface area contributed by atoms with Crippen LogP contribution >= 0.6 is 8.53 Å². The Hall–Kier alpha value is -5.81. The number of anilines is 1. The third-order valence-corrected chi connectivity index (χ3v) is 13.4. The van der Waals surface area contributed by atoms with Crippen molar-refractivity contribution in [1.29, 1.82) is 5.26 Å². The normalized spacial score (nSPS) is 18.2. The van der Waals surface area contributed by atoms with Gasteiger partial charge in [-0.3, -0.25) is 4.79 Å². The molecule has 63 heavy (non-hydrogen) atoms. The SMILES string of the molecule is COc1ccc(C(OC[C@H]2C[C@@H](n3cnc4c(NC(=O)c5ccccc5)ncnc43)[C@H](F)[C@@H]2OP(OCCC#N)N(C(C)C)C(C)C)(c2ccccc2)c2ccc(OC)cc2)cc1. The van der Waals surface area contributed by atoms with E-state index < -0.39 is 38.4 Å². The molecule has 0 saturated heterocycles. The van der Waals surface area contributed by atoms with E-state index in [4.69, 9.17) is 23.3 Å². The molecule has 328 valence electrons. The minimum absolute atomic E-state index is 0.0159. The molecule has 0 bridgehead atoms. The van der Waals surface area contributed by atoms with Crippen molar-refractivity contribution in [3.8, 4) is 17.6 Å². The van der Waals surface area contributed by atoms with Gasteiger partial charge in [-0.2, -0.15) is 5.26 Å². The fourth-order valence-corrected chi connectivity index (χ4v) is 10.1. The summed E-state index contributed by atoms with van der Waals surface area (Å²) in [6.45, 7) is 8.35. The molecule has 1 N–H and O–H groups in total. The molecule has 4 aromatic carbocycles. The first-order valence-corrected chi connectivity index (χ1v) is 22.1. The van der Waals surface area contributed by atoms with Gasteiger partial charge in [0.25, 0.3) is 14.4 Å². The number of ether oxygens (including phenoxy) is 3. The van der Waals surface area contributed by atoms with E-state index in [2.05, 4.69) is 31.0 Å². The van der Waals surface area contributed by atoms with Crippen LogP contribution in [0.15, 0.2) is 122 Å². The van der Waals surface area contributed by atoms with Crippen LogP contribution in [0.5, 0.6) is 11.5 Å². The number of amides is 1. The summed E-state index contributed by atoms with van der Waals surface area (Å²) in [5.41, 5.74) is 2.48. The van der Waals surface area contributed by atoms with E-state index in [1.807, 2.05) is 113 Å². The fourth-order valence-electron chi connectivity index (χ4n) is 8.29. The van der Waals surface area contributed by atoms with E-state index in [1.165, 1.54) is 6.33 Å². The first kappa shape index (κ1) is 45.2. The lowest BCUT2D eigenvalue weighted by molar-refractivity contribution is -0.0352. The van der Waals surface area contributed by atoms with Crippen molar-refractivity contribution in [3.05, 3.63) is 144 Å². The molecule has 2 heterocycles. The Morgan fingerprint density at radius 1 is 0.873 bits per heavy atom. The minimum atomic E-state index is -1.85. The molecule has 1 amide bonds. The van der Waals surface area contributed by atoms with E-state index in [9.17, 15) is 10.1 Å². The lowest BCUT2D eigenvalue weighted by atomic mass is 9.79. The fraction of sp³-hybridized carbons (Fsp3) is 0.354. The summed E-state index contributed by atoms with van der Waals surface area (Å²) in [5.74, 6) is 0.685. The number of carbonyl (C=O) groups excluding carboxylic acids is 1. The maximum atomic E-state index is 17.8. The number of alkyl halides is 1. The van der Waals surface area contributed by atoms with Crippen molar-refractivity contribution < 1.29 is 32.4 Å². The van der Waals surface area contributed by atoms with Crippen molar-refractivity contribution in [2.24, 2.45) is 5.92 Å². The molecule has 1 unspecified atom stereocenters. The van der Waals surface area contributed by atoms with Gasteiger partial charge in [0.1, 0.15) is 35.7 Å². The number of benzene rings is 4. The van der Waals surface area contributed by atoms with Crippen LogP contribution < -0.4 is 14.8 Å². The number of methoxy groups -OCH3 is 2. The molecule has 1 aliphatic rings. The highest BCUT2D eigenvalue weighted by molar-refractivity contribution is 7.44. The van der Waals surface area contributed by atoms with Gasteiger partial charge in [0.05, 0.1) is 52.3 Å². The number of hydrogen-bond acceptors (Lipinski definition) is 11.